The molecule has 0 aliphatic carbocycles. The van der Waals surface area contributed by atoms with Gasteiger partial charge in [-0.1, -0.05) is 22.0 Å². The normalized spacial score (nSPS) is 21.5. The molecule has 1 aromatic rings. The first-order valence-corrected chi connectivity index (χ1v) is 6.75. The van der Waals surface area contributed by atoms with Gasteiger partial charge in [-0.3, -0.25) is 0 Å². The molecule has 0 fully saturated rings. The third kappa shape index (κ3) is 2.65. The lowest BCUT2D eigenvalue weighted by molar-refractivity contribution is 0.0595. The number of thioether (sulfide) groups is 1. The van der Waals surface area contributed by atoms with Gasteiger partial charge >= 0.3 is 5.25 Å². The molecule has 17 heavy (non-hydrogen) atoms. The molecule has 94 valence electrons. The van der Waals surface area contributed by atoms with Gasteiger partial charge in [0.15, 0.2) is 0 Å². The van der Waals surface area contributed by atoms with Crippen LogP contribution in [-0.2, 0) is 4.74 Å². The van der Waals surface area contributed by atoms with E-state index in [-0.39, 0.29) is 0 Å². The first-order chi connectivity index (χ1) is 8.06. The molecular weight excluding hydrogens is 312 g/mol. The van der Waals surface area contributed by atoms with Crippen molar-refractivity contribution in [2.24, 2.45) is 0 Å². The summed E-state index contributed by atoms with van der Waals surface area (Å²) in [5.41, 5.74) is 0.638. The van der Waals surface area contributed by atoms with Crippen molar-refractivity contribution in [1.82, 2.24) is 5.32 Å². The summed E-state index contributed by atoms with van der Waals surface area (Å²) in [5, 5.41) is 0.0245. The predicted molar refractivity (Wildman–Crippen MR) is 67.6 cm³/mol. The van der Waals surface area contributed by atoms with E-state index in [1.807, 2.05) is 0 Å². The molecule has 1 aromatic carbocycles. The van der Waals surface area contributed by atoms with E-state index < -0.39 is 11.3 Å². The van der Waals surface area contributed by atoms with Crippen LogP contribution in [-0.4, -0.2) is 25.5 Å². The van der Waals surface area contributed by atoms with Crippen LogP contribution in [0.25, 0.3) is 0 Å². The third-order valence-corrected chi connectivity index (χ3v) is 4.31. The molecule has 1 N–H and O–H groups in total. The Labute approximate surface area is 111 Å². The maximum absolute atomic E-state index is 13.8. The van der Waals surface area contributed by atoms with Crippen LogP contribution in [0.5, 0.6) is 0 Å². The van der Waals surface area contributed by atoms with Crippen LogP contribution in [0, 0.1) is 0 Å². The average molecular weight is 324 g/mol. The molecule has 0 radical (unpaired) electrons. The highest BCUT2D eigenvalue weighted by Gasteiger charge is 2.49. The number of benzene rings is 1. The lowest BCUT2D eigenvalue weighted by Gasteiger charge is -2.20. The lowest BCUT2D eigenvalue weighted by atomic mass is 10.1. The molecule has 0 amide bonds. The van der Waals surface area contributed by atoms with Gasteiger partial charge in [0.2, 0.25) is 0 Å². The maximum Gasteiger partial charge on any atom is 0.317 e. The largest absolute Gasteiger partial charge is 0.383 e. The minimum absolute atomic E-state index is 0.401. The van der Waals surface area contributed by atoms with Crippen LogP contribution < -0.4 is 5.32 Å². The van der Waals surface area contributed by atoms with Gasteiger partial charge in [-0.05, 0) is 23.9 Å². The van der Waals surface area contributed by atoms with Gasteiger partial charge in [-0.15, -0.1) is 0 Å². The Hall–Kier alpha value is -0.170. The van der Waals surface area contributed by atoms with Crippen LogP contribution >= 0.6 is 27.7 Å². The van der Waals surface area contributed by atoms with E-state index in [0.29, 0.717) is 35.4 Å². The zero-order chi connectivity index (χ0) is 12.5. The predicted octanol–water partition coefficient (Wildman–Crippen LogP) is 3.42. The summed E-state index contributed by atoms with van der Waals surface area (Å²) in [7, 11) is 1.55. The van der Waals surface area contributed by atoms with Crippen LogP contribution in [0.2, 0.25) is 0 Å². The highest BCUT2D eigenvalue weighted by atomic mass is 79.9. The Morgan fingerprint density at radius 1 is 1.53 bits per heavy atom. The monoisotopic (exact) mass is 323 g/mol. The number of rotatable bonds is 4. The van der Waals surface area contributed by atoms with E-state index >= 15 is 0 Å². The fourth-order valence-corrected chi connectivity index (χ4v) is 3.61. The fourth-order valence-electron chi connectivity index (χ4n) is 1.79. The second kappa shape index (κ2) is 5.22. The van der Waals surface area contributed by atoms with Crippen LogP contribution in [0.4, 0.5) is 8.78 Å². The number of nitrogens with one attached hydrogen (secondary N) is 1. The van der Waals surface area contributed by atoms with Crippen molar-refractivity contribution >= 4 is 27.7 Å². The molecule has 0 bridgehead atoms. The van der Waals surface area contributed by atoms with Crippen molar-refractivity contribution in [3.05, 3.63) is 28.2 Å². The third-order valence-electron chi connectivity index (χ3n) is 2.54. The molecule has 0 spiro atoms. The molecule has 2 nitrogen and oxygen atoms in total. The van der Waals surface area contributed by atoms with Crippen molar-refractivity contribution in [1.29, 1.82) is 0 Å². The van der Waals surface area contributed by atoms with E-state index in [2.05, 4.69) is 21.2 Å². The smallest absolute Gasteiger partial charge is 0.317 e. The number of hydrogen-bond acceptors (Lipinski definition) is 3. The van der Waals surface area contributed by atoms with E-state index in [4.69, 9.17) is 4.74 Å². The number of ether oxygens (including phenoxy) is 1. The summed E-state index contributed by atoms with van der Waals surface area (Å²) in [4.78, 5) is 0.624. The van der Waals surface area contributed by atoms with Crippen LogP contribution in [0.15, 0.2) is 27.6 Å². The van der Waals surface area contributed by atoms with Crippen molar-refractivity contribution in [2.45, 2.75) is 16.2 Å². The van der Waals surface area contributed by atoms with Gasteiger partial charge < -0.3 is 10.1 Å². The Morgan fingerprint density at radius 2 is 2.29 bits per heavy atom. The molecule has 1 aliphatic heterocycles. The Balaban J connectivity index is 2.24. The average Bonchev–Trinajstić information content (AvgIpc) is 2.51. The SMILES string of the molecule is COCCNC1c2c(Br)cccc2SC1(F)F. The number of fused-ring (bicyclic) bond motifs is 1. The molecule has 1 heterocycles. The number of methoxy groups -OCH3 is 1. The van der Waals surface area contributed by atoms with Gasteiger partial charge in [0, 0.05) is 28.6 Å². The number of halogens is 3. The molecular formula is C11H12BrF2NOS. The Bertz CT molecular complexity index is 416. The fraction of sp³-hybridized carbons (Fsp3) is 0.455. The number of alkyl halides is 2. The van der Waals surface area contributed by atoms with E-state index in [1.165, 1.54) is 0 Å². The summed E-state index contributed by atoms with van der Waals surface area (Å²) in [6.45, 7) is 0.815. The zero-order valence-corrected chi connectivity index (χ0v) is 11.6. The zero-order valence-electron chi connectivity index (χ0n) is 9.17. The summed E-state index contributed by atoms with van der Waals surface area (Å²) in [6, 6.07) is 4.31. The van der Waals surface area contributed by atoms with E-state index in [9.17, 15) is 8.78 Å². The van der Waals surface area contributed by atoms with Gasteiger partial charge in [0.1, 0.15) is 6.04 Å². The minimum Gasteiger partial charge on any atom is -0.383 e. The maximum atomic E-state index is 13.8. The highest BCUT2D eigenvalue weighted by molar-refractivity contribution is 9.10. The molecule has 0 saturated heterocycles. The highest BCUT2D eigenvalue weighted by Crippen LogP contribution is 2.55. The minimum atomic E-state index is -2.82. The standard InChI is InChI=1S/C11H12BrF2NOS/c1-16-6-5-15-10-9-7(12)3-2-4-8(9)17-11(10,13)14/h2-4,10,15H,5-6H2,1H3. The molecule has 2 rings (SSSR count). The second-order valence-corrected chi connectivity index (χ2v) is 5.74. The molecule has 1 unspecified atom stereocenters. The number of hydrogen-bond donors (Lipinski definition) is 1. The molecule has 6 heteroatoms. The lowest BCUT2D eigenvalue weighted by Crippen LogP contribution is -2.33. The van der Waals surface area contributed by atoms with Crippen molar-refractivity contribution in [3.63, 3.8) is 0 Å². The Morgan fingerprint density at radius 3 is 3.00 bits per heavy atom. The van der Waals surface area contributed by atoms with Gasteiger partial charge in [0.25, 0.3) is 0 Å². The van der Waals surface area contributed by atoms with E-state index in [1.54, 1.807) is 25.3 Å². The molecule has 0 saturated carbocycles. The van der Waals surface area contributed by atoms with Crippen molar-refractivity contribution in [3.8, 4) is 0 Å². The second-order valence-electron chi connectivity index (χ2n) is 3.70. The van der Waals surface area contributed by atoms with Gasteiger partial charge in [-0.25, -0.2) is 0 Å². The van der Waals surface area contributed by atoms with Gasteiger partial charge in [0.05, 0.1) is 6.61 Å². The first-order valence-electron chi connectivity index (χ1n) is 5.14. The summed E-state index contributed by atoms with van der Waals surface area (Å²) < 4.78 is 33.3. The van der Waals surface area contributed by atoms with Crippen molar-refractivity contribution < 1.29 is 13.5 Å². The molecule has 0 aromatic heterocycles. The summed E-state index contributed by atoms with van der Waals surface area (Å²) in [6.07, 6.45) is 0. The van der Waals surface area contributed by atoms with Crippen LogP contribution in [0.3, 0.4) is 0 Å². The molecule has 1 aliphatic rings. The summed E-state index contributed by atoms with van der Waals surface area (Å²) >= 11 is 3.94. The van der Waals surface area contributed by atoms with Crippen molar-refractivity contribution in [2.75, 3.05) is 20.3 Å². The summed E-state index contributed by atoms with van der Waals surface area (Å²) in [5.74, 6) is 0. The van der Waals surface area contributed by atoms with Crippen LogP contribution in [0.1, 0.15) is 11.6 Å². The van der Waals surface area contributed by atoms with E-state index in [0.717, 1.165) is 4.47 Å². The quantitative estimate of drug-likeness (QED) is 0.858. The first kappa shape index (κ1) is 13.3. The topological polar surface area (TPSA) is 21.3 Å². The Kier molecular flexibility index (Phi) is 4.07. The molecule has 1 atom stereocenters. The van der Waals surface area contributed by atoms with Gasteiger partial charge in [-0.2, -0.15) is 8.78 Å².